The van der Waals surface area contributed by atoms with Crippen molar-refractivity contribution >= 4 is 10.0 Å². The Morgan fingerprint density at radius 3 is 2.75 bits per heavy atom. The van der Waals surface area contributed by atoms with Gasteiger partial charge in [0.15, 0.2) is 0 Å². The highest BCUT2D eigenvalue weighted by molar-refractivity contribution is 7.89. The first-order valence-electron chi connectivity index (χ1n) is 9.11. The lowest BCUT2D eigenvalue weighted by Crippen LogP contribution is -2.27. The van der Waals surface area contributed by atoms with Crippen molar-refractivity contribution in [3.05, 3.63) is 54.2 Å². The molecular weight excluding hydrogens is 381 g/mol. The van der Waals surface area contributed by atoms with E-state index < -0.39 is 10.0 Å². The van der Waals surface area contributed by atoms with Crippen molar-refractivity contribution in [3.8, 4) is 11.3 Å². The van der Waals surface area contributed by atoms with Gasteiger partial charge in [0.25, 0.3) is 0 Å². The van der Waals surface area contributed by atoms with Crippen LogP contribution in [-0.2, 0) is 23.5 Å². The van der Waals surface area contributed by atoms with Crippen LogP contribution in [0.2, 0.25) is 0 Å². The molecule has 1 aromatic carbocycles. The van der Waals surface area contributed by atoms with Gasteiger partial charge in [-0.3, -0.25) is 9.78 Å². The van der Waals surface area contributed by atoms with E-state index in [2.05, 4.69) is 15.3 Å². The van der Waals surface area contributed by atoms with Crippen LogP contribution in [0, 0.1) is 5.82 Å². The molecule has 0 radical (unpaired) electrons. The summed E-state index contributed by atoms with van der Waals surface area (Å²) in [4.78, 5) is 0.208. The Morgan fingerprint density at radius 1 is 1.21 bits per heavy atom. The maximum Gasteiger partial charge on any atom is 0.245 e. The van der Waals surface area contributed by atoms with E-state index in [9.17, 15) is 12.8 Å². The number of halogens is 1. The zero-order valence-corrected chi connectivity index (χ0v) is 16.8. The van der Waals surface area contributed by atoms with Crippen molar-refractivity contribution in [1.82, 2.24) is 24.3 Å². The molecule has 0 amide bonds. The minimum absolute atomic E-state index is 0.208. The highest BCUT2D eigenvalue weighted by Crippen LogP contribution is 2.19. The summed E-state index contributed by atoms with van der Waals surface area (Å²) in [5.41, 5.74) is 2.44. The molecule has 0 saturated heterocycles. The zero-order valence-electron chi connectivity index (χ0n) is 16.0. The first-order chi connectivity index (χ1) is 13.4. The second-order valence-corrected chi connectivity index (χ2v) is 8.82. The SMILES string of the molecule is CN(CCCCCc1cc(-c2cccc(F)c2)n[nH]1)S(=O)(=O)c1cnn(C)c1. The van der Waals surface area contributed by atoms with E-state index in [4.69, 9.17) is 0 Å². The van der Waals surface area contributed by atoms with E-state index in [0.717, 1.165) is 42.6 Å². The van der Waals surface area contributed by atoms with Crippen LogP contribution >= 0.6 is 0 Å². The van der Waals surface area contributed by atoms with Crippen molar-refractivity contribution in [2.45, 2.75) is 30.6 Å². The second-order valence-electron chi connectivity index (χ2n) is 6.78. The lowest BCUT2D eigenvalue weighted by atomic mass is 10.1. The van der Waals surface area contributed by atoms with Crippen LogP contribution < -0.4 is 0 Å². The van der Waals surface area contributed by atoms with Gasteiger partial charge in [-0.05, 0) is 37.5 Å². The monoisotopic (exact) mass is 405 g/mol. The van der Waals surface area contributed by atoms with Crippen LogP contribution in [0.15, 0.2) is 47.6 Å². The number of sulfonamides is 1. The largest absolute Gasteiger partial charge is 0.282 e. The molecule has 0 fully saturated rings. The Bertz CT molecular complexity index is 1030. The number of aryl methyl sites for hydroxylation is 2. The van der Waals surface area contributed by atoms with Gasteiger partial charge >= 0.3 is 0 Å². The van der Waals surface area contributed by atoms with Crippen molar-refractivity contribution in [2.24, 2.45) is 7.05 Å². The van der Waals surface area contributed by atoms with Gasteiger partial charge in [-0.2, -0.15) is 10.2 Å². The molecule has 0 unspecified atom stereocenters. The number of unbranched alkanes of at least 4 members (excludes halogenated alkanes) is 2. The van der Waals surface area contributed by atoms with E-state index in [-0.39, 0.29) is 10.7 Å². The van der Waals surface area contributed by atoms with Crippen LogP contribution in [0.25, 0.3) is 11.3 Å². The number of nitrogens with zero attached hydrogens (tertiary/aromatic N) is 4. The van der Waals surface area contributed by atoms with Crippen LogP contribution in [0.4, 0.5) is 4.39 Å². The van der Waals surface area contributed by atoms with Gasteiger partial charge in [-0.15, -0.1) is 0 Å². The Labute approximate surface area is 164 Å². The molecule has 9 heteroatoms. The number of hydrogen-bond acceptors (Lipinski definition) is 4. The Balaban J connectivity index is 1.44. The molecule has 28 heavy (non-hydrogen) atoms. The van der Waals surface area contributed by atoms with Gasteiger partial charge in [0.05, 0.1) is 11.9 Å². The third kappa shape index (κ3) is 4.85. The smallest absolute Gasteiger partial charge is 0.245 e. The predicted molar refractivity (Wildman–Crippen MR) is 105 cm³/mol. The summed E-state index contributed by atoms with van der Waals surface area (Å²) in [5, 5.41) is 11.1. The molecule has 0 aliphatic carbocycles. The fraction of sp³-hybridized carbons (Fsp3) is 0.368. The number of aromatic nitrogens is 4. The standard InChI is InChI=1S/C19H24FN5O2S/c1-24-14-18(13-21-24)28(26,27)25(2)10-5-3-4-9-17-12-19(23-22-17)15-7-6-8-16(20)11-15/h6-8,11-14H,3-5,9-10H2,1-2H3,(H,22,23). The number of benzene rings is 1. The normalized spacial score (nSPS) is 12.0. The molecule has 3 aromatic rings. The van der Waals surface area contributed by atoms with Crippen molar-refractivity contribution in [2.75, 3.05) is 13.6 Å². The van der Waals surface area contributed by atoms with E-state index in [1.807, 2.05) is 12.1 Å². The van der Waals surface area contributed by atoms with E-state index in [0.29, 0.717) is 6.54 Å². The maximum absolute atomic E-state index is 13.3. The molecule has 3 rings (SSSR count). The molecule has 7 nitrogen and oxygen atoms in total. The van der Waals surface area contributed by atoms with Crippen molar-refractivity contribution in [3.63, 3.8) is 0 Å². The molecule has 150 valence electrons. The average molecular weight is 405 g/mol. The third-order valence-corrected chi connectivity index (χ3v) is 6.37. The summed E-state index contributed by atoms with van der Waals surface area (Å²) in [6.07, 6.45) is 6.23. The molecule has 0 saturated carbocycles. The molecule has 0 bridgehead atoms. The fourth-order valence-electron chi connectivity index (χ4n) is 2.94. The van der Waals surface area contributed by atoms with Crippen molar-refractivity contribution < 1.29 is 12.8 Å². The summed E-state index contributed by atoms with van der Waals surface area (Å²) < 4.78 is 41.0. The topological polar surface area (TPSA) is 83.9 Å². The fourth-order valence-corrected chi connectivity index (χ4v) is 4.14. The lowest BCUT2D eigenvalue weighted by Gasteiger charge is -2.15. The maximum atomic E-state index is 13.3. The molecule has 1 N–H and O–H groups in total. The van der Waals surface area contributed by atoms with Gasteiger partial charge in [0.2, 0.25) is 10.0 Å². The number of nitrogens with one attached hydrogen (secondary N) is 1. The van der Waals surface area contributed by atoms with Gasteiger partial charge in [-0.1, -0.05) is 18.6 Å². The summed E-state index contributed by atoms with van der Waals surface area (Å²) in [5.74, 6) is -0.285. The third-order valence-electron chi connectivity index (χ3n) is 4.56. The number of rotatable bonds is 9. The Morgan fingerprint density at radius 2 is 2.04 bits per heavy atom. The number of H-pyrrole nitrogens is 1. The van der Waals surface area contributed by atoms with Gasteiger partial charge in [-0.25, -0.2) is 17.1 Å². The average Bonchev–Trinajstić information content (AvgIpc) is 3.30. The minimum Gasteiger partial charge on any atom is -0.282 e. The molecule has 0 atom stereocenters. The molecular formula is C19H24FN5O2S. The molecule has 0 spiro atoms. The van der Waals surface area contributed by atoms with Crippen LogP contribution in [-0.4, -0.2) is 46.3 Å². The molecule has 2 heterocycles. The van der Waals surface area contributed by atoms with Gasteiger partial charge in [0.1, 0.15) is 10.7 Å². The summed E-state index contributed by atoms with van der Waals surface area (Å²) >= 11 is 0. The predicted octanol–water partition coefficient (Wildman–Crippen LogP) is 2.98. The zero-order chi connectivity index (χ0) is 20.1. The summed E-state index contributed by atoms with van der Waals surface area (Å²) in [6, 6.07) is 8.27. The highest BCUT2D eigenvalue weighted by Gasteiger charge is 2.21. The summed E-state index contributed by atoms with van der Waals surface area (Å²) in [6.45, 7) is 0.453. The van der Waals surface area contributed by atoms with E-state index in [1.165, 1.54) is 33.5 Å². The quantitative estimate of drug-likeness (QED) is 0.555. The highest BCUT2D eigenvalue weighted by atomic mass is 32.2. The first kappa shape index (κ1) is 20.2. The van der Waals surface area contributed by atoms with Gasteiger partial charge < -0.3 is 0 Å². The number of hydrogen-bond donors (Lipinski definition) is 1. The molecule has 0 aliphatic rings. The second kappa shape index (κ2) is 8.66. The number of aromatic amines is 1. The Kier molecular flexibility index (Phi) is 6.25. The van der Waals surface area contributed by atoms with Gasteiger partial charge in [0, 0.05) is 38.1 Å². The lowest BCUT2D eigenvalue weighted by molar-refractivity contribution is 0.452. The van der Waals surface area contributed by atoms with Crippen LogP contribution in [0.5, 0.6) is 0 Å². The van der Waals surface area contributed by atoms with E-state index in [1.54, 1.807) is 20.2 Å². The first-order valence-corrected chi connectivity index (χ1v) is 10.6. The van der Waals surface area contributed by atoms with Crippen molar-refractivity contribution in [1.29, 1.82) is 0 Å². The molecule has 2 aromatic heterocycles. The molecule has 0 aliphatic heterocycles. The minimum atomic E-state index is -3.49. The van der Waals surface area contributed by atoms with E-state index >= 15 is 0 Å². The Hall–Kier alpha value is -2.52. The van der Waals surface area contributed by atoms with Crippen LogP contribution in [0.3, 0.4) is 0 Å². The van der Waals surface area contributed by atoms with Crippen LogP contribution in [0.1, 0.15) is 25.0 Å². The summed E-state index contributed by atoms with van der Waals surface area (Å²) in [7, 11) is -0.211.